The fourth-order valence-corrected chi connectivity index (χ4v) is 9.02. The van der Waals surface area contributed by atoms with Crippen LogP contribution >= 0.6 is 11.8 Å². The fourth-order valence-electron chi connectivity index (χ4n) is 8.19. The van der Waals surface area contributed by atoms with Crippen molar-refractivity contribution in [1.82, 2.24) is 4.90 Å². The van der Waals surface area contributed by atoms with E-state index in [1.54, 1.807) is 7.05 Å². The van der Waals surface area contributed by atoms with Crippen molar-refractivity contribution >= 4 is 32.9 Å². The highest BCUT2D eigenvalue weighted by Crippen LogP contribution is 2.62. The summed E-state index contributed by atoms with van der Waals surface area (Å²) in [5.74, 6) is 3.71. The molecule has 0 spiro atoms. The van der Waals surface area contributed by atoms with Crippen LogP contribution in [0, 0.1) is 17.8 Å². The number of benzene rings is 3. The smallest absolute Gasteiger partial charge is 0.289 e. The van der Waals surface area contributed by atoms with E-state index in [0.717, 1.165) is 51.6 Å². The van der Waals surface area contributed by atoms with Gasteiger partial charge in [-0.3, -0.25) is 9.59 Å². The Hall–Kier alpha value is -2.79. The predicted octanol–water partition coefficient (Wildman–Crippen LogP) is 7.35. The van der Waals surface area contributed by atoms with Gasteiger partial charge >= 0.3 is 0 Å². The van der Waals surface area contributed by atoms with Crippen LogP contribution in [0.5, 0.6) is 5.75 Å². The summed E-state index contributed by atoms with van der Waals surface area (Å²) in [6.45, 7) is 0. The van der Waals surface area contributed by atoms with Crippen LogP contribution in [0.25, 0.3) is 21.9 Å². The van der Waals surface area contributed by atoms with Gasteiger partial charge in [-0.1, -0.05) is 30.3 Å². The molecular formula is C31H31NO3S. The number of likely N-dealkylation sites (N-methyl/N-ethyl adjacent to an activating group) is 1. The number of methoxy groups -OCH3 is 1. The third-order valence-corrected chi connectivity index (χ3v) is 10.3. The minimum Gasteiger partial charge on any atom is -0.496 e. The first-order valence-corrected chi connectivity index (χ1v) is 14.0. The zero-order chi connectivity index (χ0) is 24.6. The summed E-state index contributed by atoms with van der Waals surface area (Å²) < 4.78 is 5.93. The molecule has 3 aromatic rings. The maximum Gasteiger partial charge on any atom is 0.289 e. The van der Waals surface area contributed by atoms with Gasteiger partial charge in [-0.15, -0.1) is 0 Å². The Labute approximate surface area is 216 Å². The molecule has 4 bridgehead atoms. The van der Waals surface area contributed by atoms with E-state index in [-0.39, 0.29) is 15.8 Å². The van der Waals surface area contributed by atoms with Crippen LogP contribution in [0.1, 0.15) is 55.7 Å². The standard InChI is InChI=1S/C31H31NO3S/c1-32-28(29(33)36-30(32)34)25-6-5-21-12-22(3-4-23(21)13-25)24-7-8-27(35-2)26(14-24)31-15-18-9-19(16-31)11-20(10-18)17-31/h3-8,12-14,18-20,28H,9-11,15-17H2,1-2H3. The molecule has 0 aromatic heterocycles. The first-order valence-electron chi connectivity index (χ1n) is 13.1. The van der Waals surface area contributed by atoms with E-state index in [1.165, 1.54) is 60.1 Å². The maximum atomic E-state index is 12.4. The van der Waals surface area contributed by atoms with Crippen LogP contribution in [0.2, 0.25) is 0 Å². The third-order valence-electron chi connectivity index (χ3n) is 9.41. The van der Waals surface area contributed by atoms with Gasteiger partial charge in [0.1, 0.15) is 11.8 Å². The number of nitrogens with zero attached hydrogens (tertiary/aromatic N) is 1. The van der Waals surface area contributed by atoms with Crippen LogP contribution in [-0.2, 0) is 10.2 Å². The number of ether oxygens (including phenoxy) is 1. The molecule has 1 heterocycles. The molecule has 0 radical (unpaired) electrons. The lowest BCUT2D eigenvalue weighted by Gasteiger charge is -2.57. The average molecular weight is 498 g/mol. The number of hydrogen-bond donors (Lipinski definition) is 0. The molecule has 1 unspecified atom stereocenters. The molecule has 36 heavy (non-hydrogen) atoms. The molecule has 8 rings (SSSR count). The minimum atomic E-state index is -0.504. The molecule has 0 N–H and O–H groups in total. The predicted molar refractivity (Wildman–Crippen MR) is 144 cm³/mol. The van der Waals surface area contributed by atoms with E-state index in [9.17, 15) is 9.59 Å². The monoisotopic (exact) mass is 497 g/mol. The van der Waals surface area contributed by atoms with Crippen LogP contribution in [0.3, 0.4) is 0 Å². The fraction of sp³-hybridized carbons (Fsp3) is 0.419. The molecule has 5 aliphatic rings. The second kappa shape index (κ2) is 8.11. The van der Waals surface area contributed by atoms with Gasteiger partial charge in [0.05, 0.1) is 7.11 Å². The zero-order valence-corrected chi connectivity index (χ0v) is 21.6. The van der Waals surface area contributed by atoms with E-state index >= 15 is 0 Å². The van der Waals surface area contributed by atoms with E-state index in [4.69, 9.17) is 4.74 Å². The molecule has 1 atom stereocenters. The van der Waals surface area contributed by atoms with Crippen molar-refractivity contribution < 1.29 is 14.3 Å². The second-order valence-electron chi connectivity index (χ2n) is 11.6. The van der Waals surface area contributed by atoms with Gasteiger partial charge < -0.3 is 9.64 Å². The van der Waals surface area contributed by atoms with Gasteiger partial charge in [0.25, 0.3) is 5.24 Å². The van der Waals surface area contributed by atoms with Crippen molar-refractivity contribution in [3.63, 3.8) is 0 Å². The Kier molecular flexibility index (Phi) is 5.05. The molecular weight excluding hydrogens is 466 g/mol. The number of thioether (sulfide) groups is 1. The summed E-state index contributed by atoms with van der Waals surface area (Å²) in [6, 6.07) is 18.9. The summed E-state index contributed by atoms with van der Waals surface area (Å²) in [5.41, 5.74) is 5.00. The van der Waals surface area contributed by atoms with Crippen molar-refractivity contribution in [3.8, 4) is 16.9 Å². The summed E-state index contributed by atoms with van der Waals surface area (Å²) in [7, 11) is 3.51. The highest BCUT2D eigenvalue weighted by atomic mass is 32.2. The molecule has 5 fully saturated rings. The summed E-state index contributed by atoms with van der Waals surface area (Å²) in [4.78, 5) is 25.9. The third kappa shape index (κ3) is 3.42. The van der Waals surface area contributed by atoms with Crippen molar-refractivity contribution in [1.29, 1.82) is 0 Å². The van der Waals surface area contributed by atoms with E-state index in [0.29, 0.717) is 0 Å². The lowest BCUT2D eigenvalue weighted by molar-refractivity contribution is -0.113. The van der Waals surface area contributed by atoms with Crippen molar-refractivity contribution in [2.24, 2.45) is 17.8 Å². The molecule has 5 heteroatoms. The molecule has 3 aromatic carbocycles. The van der Waals surface area contributed by atoms with Gasteiger partial charge in [-0.25, -0.2) is 0 Å². The first-order chi connectivity index (χ1) is 17.4. The van der Waals surface area contributed by atoms with Crippen LogP contribution in [-0.4, -0.2) is 29.4 Å². The number of hydrogen-bond acceptors (Lipinski definition) is 4. The summed E-state index contributed by atoms with van der Waals surface area (Å²) in [6.07, 6.45) is 8.24. The molecule has 184 valence electrons. The lowest BCUT2D eigenvalue weighted by Crippen LogP contribution is -2.48. The molecule has 1 amide bonds. The number of carbonyl (C=O) groups excluding carboxylic acids is 2. The normalized spacial score (nSPS) is 31.0. The largest absolute Gasteiger partial charge is 0.496 e. The Morgan fingerprint density at radius 1 is 0.833 bits per heavy atom. The van der Waals surface area contributed by atoms with Crippen molar-refractivity contribution in [2.45, 2.75) is 50.0 Å². The highest BCUT2D eigenvalue weighted by molar-refractivity contribution is 8.26. The second-order valence-corrected chi connectivity index (χ2v) is 12.6. The van der Waals surface area contributed by atoms with Gasteiger partial charge in [0.15, 0.2) is 0 Å². The van der Waals surface area contributed by atoms with Crippen LogP contribution in [0.15, 0.2) is 54.6 Å². The molecule has 4 aliphatic carbocycles. The van der Waals surface area contributed by atoms with Gasteiger partial charge in [-0.05, 0) is 113 Å². The molecule has 4 saturated carbocycles. The Morgan fingerprint density at radius 2 is 1.44 bits per heavy atom. The summed E-state index contributed by atoms with van der Waals surface area (Å²) in [5, 5.41) is 1.93. The number of rotatable bonds is 4. The number of amides is 1. The molecule has 1 saturated heterocycles. The van der Waals surface area contributed by atoms with Crippen LogP contribution in [0.4, 0.5) is 4.79 Å². The van der Waals surface area contributed by atoms with E-state index < -0.39 is 6.04 Å². The number of carbonyl (C=O) groups is 2. The molecule has 1 aliphatic heterocycles. The highest BCUT2D eigenvalue weighted by Gasteiger charge is 2.52. The zero-order valence-electron chi connectivity index (χ0n) is 20.8. The number of fused-ring (bicyclic) bond motifs is 1. The van der Waals surface area contributed by atoms with E-state index in [2.05, 4.69) is 42.5 Å². The topological polar surface area (TPSA) is 46.6 Å². The molecule has 4 nitrogen and oxygen atoms in total. The first kappa shape index (κ1) is 22.4. The van der Waals surface area contributed by atoms with Gasteiger partial charge in [0, 0.05) is 24.4 Å². The minimum absolute atomic E-state index is 0.103. The lowest BCUT2D eigenvalue weighted by atomic mass is 9.48. The Bertz CT molecular complexity index is 1380. The maximum absolute atomic E-state index is 12.4. The Morgan fingerprint density at radius 3 is 2.08 bits per heavy atom. The van der Waals surface area contributed by atoms with Gasteiger partial charge in [-0.2, -0.15) is 0 Å². The van der Waals surface area contributed by atoms with Gasteiger partial charge in [0.2, 0.25) is 5.12 Å². The Balaban J connectivity index is 1.25. The average Bonchev–Trinajstić information content (AvgIpc) is 3.13. The quantitative estimate of drug-likeness (QED) is 0.378. The van der Waals surface area contributed by atoms with E-state index in [1.807, 2.05) is 19.2 Å². The van der Waals surface area contributed by atoms with Crippen molar-refractivity contribution in [3.05, 3.63) is 65.7 Å². The van der Waals surface area contributed by atoms with Crippen molar-refractivity contribution in [2.75, 3.05) is 14.2 Å². The van der Waals surface area contributed by atoms with Crippen LogP contribution < -0.4 is 4.74 Å². The summed E-state index contributed by atoms with van der Waals surface area (Å²) >= 11 is 0.799. The SMILES string of the molecule is COc1ccc(-c2ccc3cc(C4C(=O)SC(=O)N4C)ccc3c2)cc1C12CC3CC(CC(C3)C1)C2.